The lowest BCUT2D eigenvalue weighted by Gasteiger charge is -2.22. The molecule has 0 saturated carbocycles. The van der Waals surface area contributed by atoms with Gasteiger partial charge in [-0.2, -0.15) is 0 Å². The Balaban J connectivity index is 0.00000361. The Morgan fingerprint density at radius 1 is 1.30 bits per heavy atom. The molecule has 1 rings (SSSR count). The van der Waals surface area contributed by atoms with E-state index in [1.807, 2.05) is 31.2 Å². The van der Waals surface area contributed by atoms with Crippen LogP contribution in [-0.2, 0) is 22.7 Å². The zero-order valence-electron chi connectivity index (χ0n) is 12.4. The molecule has 1 unspecified atom stereocenters. The van der Waals surface area contributed by atoms with Crippen LogP contribution in [0.5, 0.6) is 0 Å². The number of benzene rings is 1. The van der Waals surface area contributed by atoms with Gasteiger partial charge >= 0.3 is 0 Å². The molecule has 0 heterocycles. The number of hydrogen-bond donors (Lipinski definition) is 2. The Bertz CT molecular complexity index is 405. The van der Waals surface area contributed by atoms with E-state index in [1.54, 1.807) is 14.0 Å². The minimum absolute atomic E-state index is 0. The number of carbonyl (C=O) groups is 1. The van der Waals surface area contributed by atoms with Gasteiger partial charge in [0.2, 0.25) is 5.91 Å². The highest BCUT2D eigenvalue weighted by Gasteiger charge is 2.26. The molecule has 0 aromatic heterocycles. The van der Waals surface area contributed by atoms with E-state index >= 15 is 0 Å². The first kappa shape index (κ1) is 18.9. The fraction of sp³-hybridized carbons (Fsp3) is 0.533. The van der Waals surface area contributed by atoms with E-state index in [-0.39, 0.29) is 18.3 Å². The van der Waals surface area contributed by atoms with Crippen LogP contribution >= 0.6 is 12.4 Å². The van der Waals surface area contributed by atoms with Crippen LogP contribution in [0.4, 0.5) is 0 Å². The quantitative estimate of drug-likeness (QED) is 0.812. The molecule has 0 bridgehead atoms. The highest BCUT2D eigenvalue weighted by Crippen LogP contribution is 2.10. The number of rotatable bonds is 7. The number of methoxy groups -OCH3 is 1. The van der Waals surface area contributed by atoms with Crippen LogP contribution in [0.2, 0.25) is 0 Å². The molecule has 0 radical (unpaired) electrons. The normalized spacial score (nSPS) is 13.2. The smallest absolute Gasteiger partial charge is 0.240 e. The van der Waals surface area contributed by atoms with E-state index in [4.69, 9.17) is 10.5 Å². The summed E-state index contributed by atoms with van der Waals surface area (Å²) >= 11 is 0. The van der Waals surface area contributed by atoms with E-state index in [2.05, 4.69) is 5.32 Å². The van der Waals surface area contributed by atoms with Crippen LogP contribution < -0.4 is 11.1 Å². The number of amides is 1. The zero-order valence-corrected chi connectivity index (χ0v) is 13.3. The summed E-state index contributed by atoms with van der Waals surface area (Å²) in [5.74, 6) is -0.102. The van der Waals surface area contributed by atoms with Gasteiger partial charge in [0.1, 0.15) is 0 Å². The first-order valence-electron chi connectivity index (χ1n) is 6.63. The fourth-order valence-corrected chi connectivity index (χ4v) is 1.94. The second-order valence-corrected chi connectivity index (χ2v) is 5.10. The van der Waals surface area contributed by atoms with Gasteiger partial charge in [0, 0.05) is 13.7 Å². The SMILES string of the molecule is CCCC(C)(N)C(=O)NCc1ccc(COC)cc1.Cl. The van der Waals surface area contributed by atoms with Crippen LogP contribution in [0.15, 0.2) is 24.3 Å². The second-order valence-electron chi connectivity index (χ2n) is 5.10. The van der Waals surface area contributed by atoms with Crippen LogP contribution in [0.1, 0.15) is 37.8 Å². The van der Waals surface area contributed by atoms with Gasteiger partial charge in [0.25, 0.3) is 0 Å². The lowest BCUT2D eigenvalue weighted by molar-refractivity contribution is -0.126. The zero-order chi connectivity index (χ0) is 14.3. The molecule has 5 heteroatoms. The molecule has 0 fully saturated rings. The number of nitrogens with two attached hydrogens (primary N) is 1. The van der Waals surface area contributed by atoms with E-state index in [0.717, 1.165) is 17.5 Å². The third-order valence-corrected chi connectivity index (χ3v) is 3.08. The molecule has 0 saturated heterocycles. The van der Waals surface area contributed by atoms with Crippen molar-refractivity contribution < 1.29 is 9.53 Å². The van der Waals surface area contributed by atoms with Crippen LogP contribution in [0.3, 0.4) is 0 Å². The maximum atomic E-state index is 11.9. The Labute approximate surface area is 127 Å². The summed E-state index contributed by atoms with van der Waals surface area (Å²) in [5, 5.41) is 2.88. The van der Waals surface area contributed by atoms with Crippen molar-refractivity contribution >= 4 is 18.3 Å². The van der Waals surface area contributed by atoms with Crippen LogP contribution in [0, 0.1) is 0 Å². The Kier molecular flexibility index (Phi) is 8.46. The molecule has 1 atom stereocenters. The number of ether oxygens (including phenoxy) is 1. The van der Waals surface area contributed by atoms with Gasteiger partial charge in [0.15, 0.2) is 0 Å². The molecule has 4 nitrogen and oxygen atoms in total. The Morgan fingerprint density at radius 3 is 2.35 bits per heavy atom. The summed E-state index contributed by atoms with van der Waals surface area (Å²) in [6.07, 6.45) is 1.58. The molecule has 1 amide bonds. The summed E-state index contributed by atoms with van der Waals surface area (Å²) in [5.41, 5.74) is 7.36. The Morgan fingerprint density at radius 2 is 1.85 bits per heavy atom. The number of nitrogens with one attached hydrogen (secondary N) is 1. The summed E-state index contributed by atoms with van der Waals surface area (Å²) in [6, 6.07) is 7.97. The van der Waals surface area contributed by atoms with E-state index in [9.17, 15) is 4.79 Å². The van der Waals surface area contributed by atoms with Crippen molar-refractivity contribution in [1.82, 2.24) is 5.32 Å². The van der Waals surface area contributed by atoms with Gasteiger partial charge < -0.3 is 15.8 Å². The first-order valence-corrected chi connectivity index (χ1v) is 6.63. The van der Waals surface area contributed by atoms with Gasteiger partial charge in [-0.3, -0.25) is 4.79 Å². The molecule has 3 N–H and O–H groups in total. The molecule has 20 heavy (non-hydrogen) atoms. The van der Waals surface area contributed by atoms with Crippen molar-refractivity contribution in [2.45, 2.75) is 45.4 Å². The molecule has 0 aliphatic rings. The van der Waals surface area contributed by atoms with Crippen LogP contribution in [0.25, 0.3) is 0 Å². The molecule has 1 aromatic rings. The van der Waals surface area contributed by atoms with E-state index in [0.29, 0.717) is 19.6 Å². The fourth-order valence-electron chi connectivity index (χ4n) is 1.94. The average Bonchev–Trinajstić information content (AvgIpc) is 2.38. The highest BCUT2D eigenvalue weighted by molar-refractivity contribution is 5.85. The largest absolute Gasteiger partial charge is 0.380 e. The predicted molar refractivity (Wildman–Crippen MR) is 83.8 cm³/mol. The molecule has 0 aliphatic heterocycles. The van der Waals surface area contributed by atoms with Crippen molar-refractivity contribution in [3.8, 4) is 0 Å². The highest BCUT2D eigenvalue weighted by atomic mass is 35.5. The average molecular weight is 301 g/mol. The van der Waals surface area contributed by atoms with Gasteiger partial charge in [0.05, 0.1) is 12.1 Å². The van der Waals surface area contributed by atoms with Gasteiger partial charge in [-0.25, -0.2) is 0 Å². The number of hydrogen-bond acceptors (Lipinski definition) is 3. The topological polar surface area (TPSA) is 64.4 Å². The van der Waals surface area contributed by atoms with Gasteiger partial charge in [-0.05, 0) is 24.5 Å². The minimum atomic E-state index is -0.787. The molecule has 1 aromatic carbocycles. The maximum Gasteiger partial charge on any atom is 0.240 e. The van der Waals surface area contributed by atoms with Gasteiger partial charge in [-0.1, -0.05) is 37.6 Å². The standard InChI is InChI=1S/C15H24N2O2.ClH/c1-4-9-15(2,16)14(18)17-10-12-5-7-13(8-6-12)11-19-3;/h5-8H,4,9-11,16H2,1-3H3,(H,17,18);1H. The minimum Gasteiger partial charge on any atom is -0.380 e. The van der Waals surface area contributed by atoms with E-state index in [1.165, 1.54) is 0 Å². The molecule has 0 spiro atoms. The van der Waals surface area contributed by atoms with E-state index < -0.39 is 5.54 Å². The lowest BCUT2D eigenvalue weighted by Crippen LogP contribution is -2.51. The summed E-state index contributed by atoms with van der Waals surface area (Å²) in [4.78, 5) is 11.9. The number of carbonyl (C=O) groups excluding carboxylic acids is 1. The lowest BCUT2D eigenvalue weighted by atomic mass is 9.96. The molecular weight excluding hydrogens is 276 g/mol. The monoisotopic (exact) mass is 300 g/mol. The Hall–Kier alpha value is -1.10. The summed E-state index contributed by atoms with van der Waals surface area (Å²) in [6.45, 7) is 4.90. The van der Waals surface area contributed by atoms with Crippen molar-refractivity contribution in [3.05, 3.63) is 35.4 Å². The number of halogens is 1. The molecule has 0 aliphatic carbocycles. The molecular formula is C15H25ClN2O2. The first-order chi connectivity index (χ1) is 8.99. The van der Waals surface area contributed by atoms with Crippen molar-refractivity contribution in [2.24, 2.45) is 5.73 Å². The maximum absolute atomic E-state index is 11.9. The van der Waals surface area contributed by atoms with Gasteiger partial charge in [-0.15, -0.1) is 12.4 Å². The second kappa shape index (κ2) is 8.95. The van der Waals surface area contributed by atoms with Crippen LogP contribution in [-0.4, -0.2) is 18.6 Å². The van der Waals surface area contributed by atoms with Crippen molar-refractivity contribution in [1.29, 1.82) is 0 Å². The summed E-state index contributed by atoms with van der Waals surface area (Å²) < 4.78 is 5.05. The van der Waals surface area contributed by atoms with Crippen molar-refractivity contribution in [2.75, 3.05) is 7.11 Å². The van der Waals surface area contributed by atoms with Crippen molar-refractivity contribution in [3.63, 3.8) is 0 Å². The molecule has 114 valence electrons. The predicted octanol–water partition coefficient (Wildman–Crippen LogP) is 2.39. The third-order valence-electron chi connectivity index (χ3n) is 3.08. The summed E-state index contributed by atoms with van der Waals surface area (Å²) in [7, 11) is 1.67. The third kappa shape index (κ3) is 5.90.